The first-order valence-corrected chi connectivity index (χ1v) is 22.3. The third-order valence-electron chi connectivity index (χ3n) is 9.47. The number of aromatic nitrogens is 1. The van der Waals surface area contributed by atoms with Crippen LogP contribution in [0.3, 0.4) is 0 Å². The number of halogens is 1. The number of aryl methyl sites for hydroxylation is 1. The zero-order valence-electron chi connectivity index (χ0n) is 39.9. The Morgan fingerprint density at radius 1 is 0.918 bits per heavy atom. The highest BCUT2D eigenvalue weighted by atomic mass is 19.1. The summed E-state index contributed by atoms with van der Waals surface area (Å²) in [6.45, 7) is 39.8. The van der Waals surface area contributed by atoms with E-state index in [9.17, 15) is 9.59 Å². The molecule has 1 saturated heterocycles. The van der Waals surface area contributed by atoms with Crippen molar-refractivity contribution in [1.82, 2.24) is 14.8 Å². The molecular weight excluding hydrogens is 764 g/mol. The van der Waals surface area contributed by atoms with Crippen LogP contribution in [0.25, 0.3) is 27.9 Å². The molecule has 0 saturated carbocycles. The highest BCUT2D eigenvalue weighted by Crippen LogP contribution is 2.47. The van der Waals surface area contributed by atoms with Crippen molar-refractivity contribution in [2.24, 2.45) is 0 Å². The van der Waals surface area contributed by atoms with E-state index in [1.165, 1.54) is 51.3 Å². The third-order valence-corrected chi connectivity index (χ3v) is 9.47. The Morgan fingerprint density at radius 3 is 2.00 bits per heavy atom. The monoisotopic (exact) mass is 843 g/mol. The van der Waals surface area contributed by atoms with Gasteiger partial charge in [-0.05, 0) is 120 Å². The zero-order chi connectivity index (χ0) is 46.5. The highest BCUT2D eigenvalue weighted by molar-refractivity contribution is 5.97. The van der Waals surface area contributed by atoms with Crippen LogP contribution in [0.5, 0.6) is 11.5 Å². The molecule has 0 bridgehead atoms. The molecule has 3 heterocycles. The summed E-state index contributed by atoms with van der Waals surface area (Å²) >= 11 is 0. The van der Waals surface area contributed by atoms with E-state index in [0.717, 1.165) is 43.5 Å². The summed E-state index contributed by atoms with van der Waals surface area (Å²) in [5.41, 5.74) is 5.26. The fourth-order valence-electron chi connectivity index (χ4n) is 6.67. The maximum absolute atomic E-state index is 15.3. The van der Waals surface area contributed by atoms with E-state index >= 15 is 4.39 Å². The number of anilines is 1. The van der Waals surface area contributed by atoms with Gasteiger partial charge in [-0.15, -0.1) is 13.2 Å². The molecule has 0 atom stereocenters. The molecule has 338 valence electrons. The van der Waals surface area contributed by atoms with Gasteiger partial charge in [0.15, 0.2) is 29.0 Å². The molecule has 1 fully saturated rings. The Morgan fingerprint density at radius 2 is 1.52 bits per heavy atom. The second-order valence-electron chi connectivity index (χ2n) is 13.9. The van der Waals surface area contributed by atoms with Crippen molar-refractivity contribution in [3.8, 4) is 17.2 Å². The van der Waals surface area contributed by atoms with Crippen LogP contribution in [0.2, 0.25) is 0 Å². The minimum Gasteiger partial charge on any atom is -0.451 e. The number of allylic oxidation sites excluding steroid dienone is 7. The van der Waals surface area contributed by atoms with E-state index in [1.54, 1.807) is 19.3 Å². The summed E-state index contributed by atoms with van der Waals surface area (Å²) in [4.78, 5) is 28.0. The standard InChI is InChI=1S/C34H36FN3O3.C7H17N.C5H10O.2C2H6.C2H4/c1-8-11-14-37-22(6)27-18-38-29-17-25(21(5)24(13-10-3)23(19-39)12-9-2)20(4)15-30(29)41-34-31(36-7)28(35)16-26(32(34)38)33(27)40;1-4-6-8(3)7-5-2;1-2-4-6-5-3-1;3*1-2/h9-10,12-13,15-19,36-37H,5-6,8,11,14H2,1-4,7H3;4-7H2,1-3H3;1-5H2;2*1-2H3;1-2H2/b12-9-,13-10-,24-23-;;;;;. The smallest absolute Gasteiger partial charge is 0.198 e. The first kappa shape index (κ1) is 56.0. The van der Waals surface area contributed by atoms with E-state index in [4.69, 9.17) is 9.47 Å². The second kappa shape index (κ2) is 31.8. The van der Waals surface area contributed by atoms with Crippen molar-refractivity contribution in [1.29, 1.82) is 0 Å². The number of benzene rings is 2. The number of rotatable bonds is 15. The zero-order valence-corrected chi connectivity index (χ0v) is 39.9. The van der Waals surface area contributed by atoms with Crippen molar-refractivity contribution in [3.05, 3.63) is 119 Å². The van der Waals surface area contributed by atoms with Crippen molar-refractivity contribution in [3.63, 3.8) is 0 Å². The van der Waals surface area contributed by atoms with E-state index < -0.39 is 5.82 Å². The Kier molecular flexibility index (Phi) is 29.2. The molecular formula is C52H79FN4O4. The number of nitrogens with zero attached hydrogens (tertiary/aromatic N) is 2. The summed E-state index contributed by atoms with van der Waals surface area (Å²) < 4.78 is 28.5. The van der Waals surface area contributed by atoms with Gasteiger partial charge in [0.25, 0.3) is 0 Å². The molecule has 0 radical (unpaired) electrons. The molecule has 61 heavy (non-hydrogen) atoms. The van der Waals surface area contributed by atoms with E-state index in [1.807, 2.05) is 83.4 Å². The van der Waals surface area contributed by atoms with Crippen molar-refractivity contribution in [2.45, 2.75) is 114 Å². The van der Waals surface area contributed by atoms with Gasteiger partial charge in [-0.3, -0.25) is 9.59 Å². The summed E-state index contributed by atoms with van der Waals surface area (Å²) in [7, 11) is 3.78. The number of ether oxygens (including phenoxy) is 2. The molecule has 1 aromatic heterocycles. The number of fused-ring (bicyclic) bond motifs is 2. The number of carbonyl (C=O) groups is 1. The van der Waals surface area contributed by atoms with Crippen LogP contribution in [-0.2, 0) is 9.53 Å². The third kappa shape index (κ3) is 16.1. The topological polar surface area (TPSA) is 84.8 Å². The average Bonchev–Trinajstić information content (AvgIpc) is 3.28. The lowest BCUT2D eigenvalue weighted by Crippen LogP contribution is -2.22. The first-order valence-electron chi connectivity index (χ1n) is 22.3. The van der Waals surface area contributed by atoms with Crippen LogP contribution in [-0.4, -0.2) is 62.7 Å². The van der Waals surface area contributed by atoms with Gasteiger partial charge in [-0.25, -0.2) is 4.39 Å². The molecule has 9 heteroatoms. The van der Waals surface area contributed by atoms with E-state index in [2.05, 4.69) is 69.7 Å². The van der Waals surface area contributed by atoms with Gasteiger partial charge >= 0.3 is 0 Å². The maximum Gasteiger partial charge on any atom is 0.198 e. The van der Waals surface area contributed by atoms with Gasteiger partial charge in [0.2, 0.25) is 0 Å². The van der Waals surface area contributed by atoms with Crippen LogP contribution in [0.4, 0.5) is 10.1 Å². The Bertz CT molecular complexity index is 1950. The minimum absolute atomic E-state index is 0.162. The SMILES string of the molecule is C1CCOCC1.C=C.C=C(C(/C=C\C)=C(C=O)/C=C\C)c1cc2c(cc1C)Oc1c(NC)c(F)cc3c(=O)c(C(=C)NCCCC)cn-2c13.CC.CC.CCCN(C)CCC. The van der Waals surface area contributed by atoms with Crippen LogP contribution in [0.15, 0.2) is 91.0 Å². The summed E-state index contributed by atoms with van der Waals surface area (Å²) in [5.74, 6) is 0.145. The van der Waals surface area contributed by atoms with Gasteiger partial charge < -0.3 is 29.6 Å². The molecule has 0 amide bonds. The normalized spacial score (nSPS) is 12.6. The molecule has 2 aromatic carbocycles. The quantitative estimate of drug-likeness (QED) is 0.0405. The van der Waals surface area contributed by atoms with E-state index in [-0.39, 0.29) is 22.3 Å². The number of nitrogens with one attached hydrogen (secondary N) is 2. The van der Waals surface area contributed by atoms with Crippen molar-refractivity contribution < 1.29 is 18.7 Å². The molecule has 0 spiro atoms. The lowest BCUT2D eigenvalue weighted by Gasteiger charge is -2.27. The van der Waals surface area contributed by atoms with Crippen LogP contribution >= 0.6 is 0 Å². The molecule has 2 N–H and O–H groups in total. The molecule has 3 aromatic rings. The Balaban J connectivity index is 0.00000150. The van der Waals surface area contributed by atoms with E-state index in [0.29, 0.717) is 51.5 Å². The number of hydrogen-bond acceptors (Lipinski definition) is 7. The Labute approximate surface area is 369 Å². The van der Waals surface area contributed by atoms with Crippen molar-refractivity contribution >= 4 is 34.1 Å². The van der Waals surface area contributed by atoms with Crippen LogP contribution in [0, 0.1) is 12.7 Å². The minimum atomic E-state index is -0.586. The largest absolute Gasteiger partial charge is 0.451 e. The van der Waals surface area contributed by atoms with Crippen LogP contribution < -0.4 is 20.8 Å². The number of unbranched alkanes of at least 4 members (excludes halogenated alkanes) is 1. The number of carbonyl (C=O) groups excluding carboxylic acids is 1. The summed E-state index contributed by atoms with van der Waals surface area (Å²) in [5, 5.41) is 6.30. The lowest BCUT2D eigenvalue weighted by atomic mass is 9.91. The second-order valence-corrected chi connectivity index (χ2v) is 13.9. The lowest BCUT2D eigenvalue weighted by molar-refractivity contribution is -0.104. The van der Waals surface area contributed by atoms with Crippen molar-refractivity contribution in [2.75, 3.05) is 52.3 Å². The number of pyridine rings is 1. The molecule has 8 nitrogen and oxygen atoms in total. The fourth-order valence-corrected chi connectivity index (χ4v) is 6.67. The molecule has 2 aliphatic rings. The fraction of sp³-hybridized carbons (Fsp3) is 0.462. The average molecular weight is 843 g/mol. The van der Waals surface area contributed by atoms with Gasteiger partial charge in [0, 0.05) is 44.3 Å². The molecule has 2 aliphatic heterocycles. The molecule has 5 rings (SSSR count). The Hall–Kier alpha value is -4.99. The summed E-state index contributed by atoms with van der Waals surface area (Å²) in [6, 6.07) is 5.04. The number of aldehydes is 1. The van der Waals surface area contributed by atoms with Gasteiger partial charge in [0.05, 0.1) is 16.6 Å². The van der Waals surface area contributed by atoms with Gasteiger partial charge in [0.1, 0.15) is 11.2 Å². The predicted molar refractivity (Wildman–Crippen MR) is 264 cm³/mol. The molecule has 0 aliphatic carbocycles. The summed E-state index contributed by atoms with van der Waals surface area (Å²) in [6.07, 6.45) is 18.2. The molecule has 0 unspecified atom stereocenters. The highest BCUT2D eigenvalue weighted by Gasteiger charge is 2.28. The van der Waals surface area contributed by atoms with Crippen LogP contribution in [0.1, 0.15) is 124 Å². The predicted octanol–water partition coefficient (Wildman–Crippen LogP) is 13.4. The van der Waals surface area contributed by atoms with Gasteiger partial charge in [-0.2, -0.15) is 0 Å². The first-order chi connectivity index (χ1) is 29.5. The maximum atomic E-state index is 15.3. The number of hydrogen-bond donors (Lipinski definition) is 2. The van der Waals surface area contributed by atoms with Gasteiger partial charge in [-0.1, -0.05) is 92.3 Å².